The number of hydrogen-bond donors (Lipinski definition) is 1. The molecule has 0 spiro atoms. The Kier molecular flexibility index (Phi) is 3.85. The lowest BCUT2D eigenvalue weighted by Crippen LogP contribution is -2.40. The number of rotatable bonds is 3. The maximum Gasteiger partial charge on any atom is 0.231 e. The van der Waals surface area contributed by atoms with Gasteiger partial charge in [0.2, 0.25) is 6.79 Å². The molecule has 2 aliphatic heterocycles. The molecule has 0 saturated carbocycles. The second-order valence-corrected chi connectivity index (χ2v) is 6.02. The van der Waals surface area contributed by atoms with Crippen molar-refractivity contribution in [2.75, 3.05) is 19.9 Å². The molecule has 2 unspecified atom stereocenters. The molecule has 3 rings (SSSR count). The van der Waals surface area contributed by atoms with Gasteiger partial charge in [-0.15, -0.1) is 0 Å². The predicted molar refractivity (Wildman–Crippen MR) is 78.9 cm³/mol. The quantitative estimate of drug-likeness (QED) is 0.921. The molecular formula is C16H24N2O2. The molecule has 0 aliphatic carbocycles. The maximum atomic E-state index is 6.01. The van der Waals surface area contributed by atoms with Crippen LogP contribution in [0.25, 0.3) is 0 Å². The molecule has 0 aromatic heterocycles. The smallest absolute Gasteiger partial charge is 0.231 e. The van der Waals surface area contributed by atoms with Crippen LogP contribution in [-0.2, 0) is 0 Å². The summed E-state index contributed by atoms with van der Waals surface area (Å²) in [7, 11) is 0. The van der Waals surface area contributed by atoms with Crippen molar-refractivity contribution in [3.8, 4) is 11.5 Å². The first-order chi connectivity index (χ1) is 9.65. The van der Waals surface area contributed by atoms with Crippen molar-refractivity contribution in [1.29, 1.82) is 0 Å². The Morgan fingerprint density at radius 3 is 2.55 bits per heavy atom. The van der Waals surface area contributed by atoms with Crippen LogP contribution in [0.1, 0.15) is 38.3 Å². The largest absolute Gasteiger partial charge is 0.454 e. The van der Waals surface area contributed by atoms with Crippen molar-refractivity contribution in [3.05, 3.63) is 23.8 Å². The molecule has 1 aromatic rings. The molecule has 1 fully saturated rings. The van der Waals surface area contributed by atoms with Gasteiger partial charge in [-0.1, -0.05) is 6.07 Å². The number of likely N-dealkylation sites (tertiary alicyclic amines) is 1. The lowest BCUT2D eigenvalue weighted by Gasteiger charge is -2.37. The van der Waals surface area contributed by atoms with E-state index in [-0.39, 0.29) is 0 Å². The van der Waals surface area contributed by atoms with Gasteiger partial charge in [0, 0.05) is 12.1 Å². The number of hydrogen-bond acceptors (Lipinski definition) is 4. The van der Waals surface area contributed by atoms with E-state index in [0.29, 0.717) is 24.8 Å². The topological polar surface area (TPSA) is 47.7 Å². The molecule has 1 aromatic carbocycles. The summed E-state index contributed by atoms with van der Waals surface area (Å²) in [5.41, 5.74) is 7.31. The molecule has 0 amide bonds. The van der Waals surface area contributed by atoms with Crippen LogP contribution in [0.5, 0.6) is 11.5 Å². The summed E-state index contributed by atoms with van der Waals surface area (Å²) in [6, 6.07) is 7.01. The monoisotopic (exact) mass is 276 g/mol. The Hall–Kier alpha value is -1.26. The number of nitrogens with zero attached hydrogens (tertiary/aromatic N) is 1. The van der Waals surface area contributed by atoms with Crippen LogP contribution in [-0.4, -0.2) is 30.8 Å². The molecule has 0 bridgehead atoms. The lowest BCUT2D eigenvalue weighted by atomic mass is 9.89. The van der Waals surface area contributed by atoms with Gasteiger partial charge in [-0.2, -0.15) is 0 Å². The normalized spacial score (nSPS) is 22.8. The van der Waals surface area contributed by atoms with Gasteiger partial charge in [-0.25, -0.2) is 0 Å². The average molecular weight is 276 g/mol. The molecule has 20 heavy (non-hydrogen) atoms. The number of fused-ring (bicyclic) bond motifs is 1. The standard InChI is InChI=1S/C16H24N2O2/c1-11(17)13-5-7-18(8-6-13)12(2)14-3-4-15-16(9-14)20-10-19-15/h3-4,9,11-13H,5-8,10,17H2,1-2H3. The molecule has 2 aliphatic rings. The van der Waals surface area contributed by atoms with Gasteiger partial charge in [-0.3, -0.25) is 4.90 Å². The molecule has 2 heterocycles. The third-order valence-electron chi connectivity index (χ3n) is 4.74. The first kappa shape index (κ1) is 13.7. The van der Waals surface area contributed by atoms with Gasteiger partial charge in [0.05, 0.1) is 0 Å². The van der Waals surface area contributed by atoms with Crippen molar-refractivity contribution in [2.45, 2.75) is 38.8 Å². The summed E-state index contributed by atoms with van der Waals surface area (Å²) in [6.45, 7) is 6.99. The zero-order valence-electron chi connectivity index (χ0n) is 12.3. The Balaban J connectivity index is 1.66. The second-order valence-electron chi connectivity index (χ2n) is 6.02. The van der Waals surface area contributed by atoms with Crippen LogP contribution < -0.4 is 15.2 Å². The summed E-state index contributed by atoms with van der Waals surface area (Å²) in [5, 5.41) is 0. The summed E-state index contributed by atoms with van der Waals surface area (Å²) in [4.78, 5) is 2.54. The third kappa shape index (κ3) is 2.63. The highest BCUT2D eigenvalue weighted by atomic mass is 16.7. The van der Waals surface area contributed by atoms with Crippen molar-refractivity contribution >= 4 is 0 Å². The van der Waals surface area contributed by atoms with E-state index >= 15 is 0 Å². The van der Waals surface area contributed by atoms with Crippen LogP contribution in [0.3, 0.4) is 0 Å². The van der Waals surface area contributed by atoms with Gasteiger partial charge < -0.3 is 15.2 Å². The first-order valence-corrected chi connectivity index (χ1v) is 7.54. The van der Waals surface area contributed by atoms with Crippen LogP contribution in [0.4, 0.5) is 0 Å². The highest BCUT2D eigenvalue weighted by Crippen LogP contribution is 2.36. The van der Waals surface area contributed by atoms with Crippen LogP contribution in [0, 0.1) is 5.92 Å². The highest BCUT2D eigenvalue weighted by Gasteiger charge is 2.26. The number of benzene rings is 1. The minimum Gasteiger partial charge on any atom is -0.454 e. The molecule has 2 atom stereocenters. The van der Waals surface area contributed by atoms with E-state index in [1.54, 1.807) is 0 Å². The van der Waals surface area contributed by atoms with Gasteiger partial charge in [0.15, 0.2) is 11.5 Å². The van der Waals surface area contributed by atoms with E-state index in [0.717, 1.165) is 24.6 Å². The molecule has 1 saturated heterocycles. The molecular weight excluding hydrogens is 252 g/mol. The Bertz CT molecular complexity index is 468. The third-order valence-corrected chi connectivity index (χ3v) is 4.74. The minimum absolute atomic E-state index is 0.318. The van der Waals surface area contributed by atoms with Crippen LogP contribution in [0.15, 0.2) is 18.2 Å². The van der Waals surface area contributed by atoms with Crippen molar-refractivity contribution in [3.63, 3.8) is 0 Å². The fraction of sp³-hybridized carbons (Fsp3) is 0.625. The second kappa shape index (κ2) is 5.62. The highest BCUT2D eigenvalue weighted by molar-refractivity contribution is 5.45. The maximum absolute atomic E-state index is 6.01. The van der Waals surface area contributed by atoms with E-state index < -0.39 is 0 Å². The molecule has 0 radical (unpaired) electrons. The van der Waals surface area contributed by atoms with Crippen molar-refractivity contribution in [2.24, 2.45) is 11.7 Å². The van der Waals surface area contributed by atoms with Gasteiger partial charge in [-0.05, 0) is 63.4 Å². The molecule has 2 N–H and O–H groups in total. The zero-order valence-corrected chi connectivity index (χ0v) is 12.3. The summed E-state index contributed by atoms with van der Waals surface area (Å²) >= 11 is 0. The van der Waals surface area contributed by atoms with Crippen molar-refractivity contribution < 1.29 is 9.47 Å². The molecule has 110 valence electrons. The molecule has 4 heteroatoms. The number of piperidine rings is 1. The van der Waals surface area contributed by atoms with E-state index in [2.05, 4.69) is 30.9 Å². The number of nitrogens with two attached hydrogens (primary N) is 1. The Labute approximate surface area is 120 Å². The van der Waals surface area contributed by atoms with Gasteiger partial charge in [0.25, 0.3) is 0 Å². The fourth-order valence-corrected chi connectivity index (χ4v) is 3.22. The number of ether oxygens (including phenoxy) is 2. The van der Waals surface area contributed by atoms with Gasteiger partial charge >= 0.3 is 0 Å². The SMILES string of the molecule is CC(N)C1CCN(C(C)c2ccc3c(c2)OCO3)CC1. The first-order valence-electron chi connectivity index (χ1n) is 7.54. The van der Waals surface area contributed by atoms with Gasteiger partial charge in [0.1, 0.15) is 0 Å². The average Bonchev–Trinajstić information content (AvgIpc) is 2.94. The Morgan fingerprint density at radius 1 is 1.15 bits per heavy atom. The zero-order chi connectivity index (χ0) is 14.1. The van der Waals surface area contributed by atoms with E-state index in [1.807, 2.05) is 6.07 Å². The van der Waals surface area contributed by atoms with E-state index in [1.165, 1.54) is 18.4 Å². The minimum atomic E-state index is 0.318. The molecule has 4 nitrogen and oxygen atoms in total. The van der Waals surface area contributed by atoms with Crippen molar-refractivity contribution in [1.82, 2.24) is 4.90 Å². The predicted octanol–water partition coefficient (Wildman–Crippen LogP) is 2.54. The van der Waals surface area contributed by atoms with E-state index in [9.17, 15) is 0 Å². The lowest BCUT2D eigenvalue weighted by molar-refractivity contribution is 0.132. The van der Waals surface area contributed by atoms with Crippen LogP contribution >= 0.6 is 0 Å². The summed E-state index contributed by atoms with van der Waals surface area (Å²) in [6.07, 6.45) is 2.40. The summed E-state index contributed by atoms with van der Waals surface area (Å²) in [5.74, 6) is 2.41. The Morgan fingerprint density at radius 2 is 1.85 bits per heavy atom. The van der Waals surface area contributed by atoms with E-state index in [4.69, 9.17) is 15.2 Å². The fourth-order valence-electron chi connectivity index (χ4n) is 3.22. The summed E-state index contributed by atoms with van der Waals surface area (Å²) < 4.78 is 10.8. The van der Waals surface area contributed by atoms with Crippen LogP contribution in [0.2, 0.25) is 0 Å².